The molecule has 1 aromatic heterocycles. The second kappa shape index (κ2) is 7.24. The van der Waals surface area contributed by atoms with Crippen molar-refractivity contribution >= 4 is 38.7 Å². The Morgan fingerprint density at radius 1 is 1.20 bits per heavy atom. The molecule has 0 aliphatic heterocycles. The quantitative estimate of drug-likeness (QED) is 0.794. The van der Waals surface area contributed by atoms with Crippen LogP contribution in [-0.4, -0.2) is 37.8 Å². The molecule has 0 fully saturated rings. The van der Waals surface area contributed by atoms with E-state index in [1.807, 2.05) is 0 Å². The lowest BCUT2D eigenvalue weighted by atomic mass is 10.1. The molecule has 7 nitrogen and oxygen atoms in total. The summed E-state index contributed by atoms with van der Waals surface area (Å²) >= 11 is 0.944. The summed E-state index contributed by atoms with van der Waals surface area (Å²) in [6.45, 7) is 3.60. The zero-order valence-electron chi connectivity index (χ0n) is 13.8. The molecule has 0 aliphatic rings. The van der Waals surface area contributed by atoms with E-state index in [-0.39, 0.29) is 27.1 Å². The number of anilines is 1. The van der Waals surface area contributed by atoms with Crippen LogP contribution in [-0.2, 0) is 9.84 Å². The van der Waals surface area contributed by atoms with Gasteiger partial charge in [-0.05, 0) is 38.1 Å². The largest absolute Gasteiger partial charge is 0.489 e. The first kappa shape index (κ1) is 18.9. The van der Waals surface area contributed by atoms with Gasteiger partial charge in [-0.1, -0.05) is 0 Å². The Morgan fingerprint density at radius 3 is 2.40 bits per heavy atom. The van der Waals surface area contributed by atoms with E-state index in [1.54, 1.807) is 13.8 Å². The SMILES string of the molecule is CC(C)Oc1ccc(C(=O)O)cc1NC(=O)c1csc(S(C)(=O)=O)c1. The van der Waals surface area contributed by atoms with Crippen LogP contribution in [0.1, 0.15) is 34.6 Å². The number of nitrogens with one attached hydrogen (secondary N) is 1. The highest BCUT2D eigenvalue weighted by molar-refractivity contribution is 7.92. The fourth-order valence-electron chi connectivity index (χ4n) is 1.94. The average Bonchev–Trinajstić information content (AvgIpc) is 2.98. The number of carbonyl (C=O) groups excluding carboxylic acids is 1. The molecule has 1 amide bonds. The van der Waals surface area contributed by atoms with Gasteiger partial charge in [-0.15, -0.1) is 11.3 Å². The first-order valence-corrected chi connectivity index (χ1v) is 9.99. The third-order valence-electron chi connectivity index (χ3n) is 3.04. The molecule has 1 aromatic carbocycles. The second-order valence-corrected chi connectivity index (χ2v) is 8.72. The van der Waals surface area contributed by atoms with E-state index in [9.17, 15) is 18.0 Å². The molecule has 9 heteroatoms. The van der Waals surface area contributed by atoms with Gasteiger partial charge in [0.15, 0.2) is 9.84 Å². The maximum absolute atomic E-state index is 12.4. The van der Waals surface area contributed by atoms with Crippen molar-refractivity contribution in [1.29, 1.82) is 0 Å². The van der Waals surface area contributed by atoms with Gasteiger partial charge in [0.1, 0.15) is 9.96 Å². The van der Waals surface area contributed by atoms with Crippen LogP contribution in [0, 0.1) is 0 Å². The minimum Gasteiger partial charge on any atom is -0.489 e. The Hall–Kier alpha value is -2.39. The molecular formula is C16H17NO6S2. The molecule has 2 N–H and O–H groups in total. The first-order chi connectivity index (χ1) is 11.6. The number of hydrogen-bond donors (Lipinski definition) is 2. The predicted octanol–water partition coefficient (Wildman–Crippen LogP) is 2.89. The number of benzene rings is 1. The lowest BCUT2D eigenvalue weighted by Gasteiger charge is -2.15. The number of carboxylic acid groups (broad SMARTS) is 1. The number of thiophene rings is 1. The summed E-state index contributed by atoms with van der Waals surface area (Å²) in [7, 11) is -3.39. The van der Waals surface area contributed by atoms with Crippen molar-refractivity contribution in [3.63, 3.8) is 0 Å². The van der Waals surface area contributed by atoms with E-state index in [2.05, 4.69) is 5.32 Å². The summed E-state index contributed by atoms with van der Waals surface area (Å²) in [5.74, 6) is -1.37. The summed E-state index contributed by atoms with van der Waals surface area (Å²) in [4.78, 5) is 23.5. The topological polar surface area (TPSA) is 110 Å². The normalized spacial score (nSPS) is 11.4. The van der Waals surface area contributed by atoms with E-state index in [0.717, 1.165) is 17.6 Å². The van der Waals surface area contributed by atoms with Crippen molar-refractivity contribution in [2.75, 3.05) is 11.6 Å². The van der Waals surface area contributed by atoms with Crippen LogP contribution in [0.25, 0.3) is 0 Å². The lowest BCUT2D eigenvalue weighted by molar-refractivity contribution is 0.0696. The third-order valence-corrected chi connectivity index (χ3v) is 5.81. The molecule has 1 heterocycles. The van der Waals surface area contributed by atoms with Crippen molar-refractivity contribution in [2.24, 2.45) is 0 Å². The van der Waals surface area contributed by atoms with Gasteiger partial charge < -0.3 is 15.2 Å². The van der Waals surface area contributed by atoms with Gasteiger partial charge in [0.25, 0.3) is 5.91 Å². The molecular weight excluding hydrogens is 366 g/mol. The van der Waals surface area contributed by atoms with Crippen LogP contribution in [0.4, 0.5) is 5.69 Å². The zero-order valence-corrected chi connectivity index (χ0v) is 15.4. The minimum absolute atomic E-state index is 0.00597. The zero-order chi connectivity index (χ0) is 18.8. The molecule has 0 spiro atoms. The lowest BCUT2D eigenvalue weighted by Crippen LogP contribution is -2.15. The predicted molar refractivity (Wildman–Crippen MR) is 94.5 cm³/mol. The van der Waals surface area contributed by atoms with Crippen LogP contribution < -0.4 is 10.1 Å². The number of hydrogen-bond acceptors (Lipinski definition) is 6. The Labute approximate surface area is 149 Å². The first-order valence-electron chi connectivity index (χ1n) is 7.22. The average molecular weight is 383 g/mol. The monoisotopic (exact) mass is 383 g/mol. The standard InChI is InChI=1S/C16H17NO6S2/c1-9(2)23-13-5-4-10(16(19)20)6-12(13)17-15(18)11-7-14(24-8-11)25(3,21)22/h4-9H,1-3H3,(H,17,18)(H,19,20). The van der Waals surface area contributed by atoms with E-state index < -0.39 is 21.7 Å². The fraction of sp³-hybridized carbons (Fsp3) is 0.250. The van der Waals surface area contributed by atoms with Crippen molar-refractivity contribution in [3.8, 4) is 5.75 Å². The van der Waals surface area contributed by atoms with Gasteiger partial charge in [0, 0.05) is 11.6 Å². The molecule has 0 radical (unpaired) electrons. The number of rotatable bonds is 6. The van der Waals surface area contributed by atoms with Crippen LogP contribution in [0.5, 0.6) is 5.75 Å². The van der Waals surface area contributed by atoms with Crippen LogP contribution in [0.2, 0.25) is 0 Å². The van der Waals surface area contributed by atoms with Crippen molar-refractivity contribution in [3.05, 3.63) is 40.8 Å². The minimum atomic E-state index is -3.39. The van der Waals surface area contributed by atoms with Crippen LogP contribution in [0.15, 0.2) is 33.9 Å². The highest BCUT2D eigenvalue weighted by Gasteiger charge is 2.17. The molecule has 0 unspecified atom stereocenters. The molecule has 2 aromatic rings. The van der Waals surface area contributed by atoms with Gasteiger partial charge in [-0.25, -0.2) is 13.2 Å². The maximum atomic E-state index is 12.4. The number of carbonyl (C=O) groups is 2. The third kappa shape index (κ3) is 4.80. The van der Waals surface area contributed by atoms with Crippen molar-refractivity contribution in [1.82, 2.24) is 0 Å². The highest BCUT2D eigenvalue weighted by atomic mass is 32.2. The molecule has 134 valence electrons. The number of amides is 1. The smallest absolute Gasteiger partial charge is 0.335 e. The van der Waals surface area contributed by atoms with Gasteiger partial charge in [0.2, 0.25) is 0 Å². The second-order valence-electron chi connectivity index (χ2n) is 5.56. The Kier molecular flexibility index (Phi) is 5.48. The summed E-state index contributed by atoms with van der Waals surface area (Å²) in [5, 5.41) is 13.1. The number of sulfone groups is 1. The molecule has 0 atom stereocenters. The summed E-state index contributed by atoms with van der Waals surface area (Å²) in [5.41, 5.74) is 0.362. The van der Waals surface area contributed by atoms with E-state index in [4.69, 9.17) is 9.84 Å². The molecule has 2 rings (SSSR count). The summed E-state index contributed by atoms with van der Waals surface area (Å²) < 4.78 is 28.7. The van der Waals surface area contributed by atoms with Gasteiger partial charge in [0.05, 0.1) is 22.9 Å². The van der Waals surface area contributed by atoms with Gasteiger partial charge in [-0.2, -0.15) is 0 Å². The molecule has 0 saturated carbocycles. The van der Waals surface area contributed by atoms with Crippen molar-refractivity contribution in [2.45, 2.75) is 24.2 Å². The number of carboxylic acids is 1. The highest BCUT2D eigenvalue weighted by Crippen LogP contribution is 2.28. The Bertz CT molecular complexity index is 914. The fourth-order valence-corrected chi connectivity index (χ4v) is 3.74. The number of aromatic carboxylic acids is 1. The van der Waals surface area contributed by atoms with E-state index in [1.165, 1.54) is 29.6 Å². The number of ether oxygens (including phenoxy) is 1. The van der Waals surface area contributed by atoms with Crippen molar-refractivity contribution < 1.29 is 27.9 Å². The van der Waals surface area contributed by atoms with Crippen LogP contribution >= 0.6 is 11.3 Å². The van der Waals surface area contributed by atoms with Gasteiger partial charge >= 0.3 is 5.97 Å². The molecule has 0 bridgehead atoms. The maximum Gasteiger partial charge on any atom is 0.335 e. The molecule has 0 saturated heterocycles. The Morgan fingerprint density at radius 2 is 1.88 bits per heavy atom. The van der Waals surface area contributed by atoms with E-state index >= 15 is 0 Å². The summed E-state index contributed by atoms with van der Waals surface area (Å²) in [6, 6.07) is 5.41. The Balaban J connectivity index is 2.33. The van der Waals surface area contributed by atoms with E-state index in [0.29, 0.717) is 5.75 Å². The van der Waals surface area contributed by atoms with Gasteiger partial charge in [-0.3, -0.25) is 4.79 Å². The summed E-state index contributed by atoms with van der Waals surface area (Å²) in [6.07, 6.45) is 0.884. The molecule has 25 heavy (non-hydrogen) atoms. The molecule has 0 aliphatic carbocycles. The van der Waals surface area contributed by atoms with Crippen LogP contribution in [0.3, 0.4) is 0 Å².